The van der Waals surface area contributed by atoms with Gasteiger partial charge in [-0.1, -0.05) is 53.0 Å². The van der Waals surface area contributed by atoms with Crippen molar-refractivity contribution in [2.45, 2.75) is 25.3 Å². The fourth-order valence-electron chi connectivity index (χ4n) is 3.49. The number of aryl methyl sites for hydroxylation is 1. The van der Waals surface area contributed by atoms with Crippen LogP contribution in [-0.4, -0.2) is 17.9 Å². The third-order valence-corrected chi connectivity index (χ3v) is 5.41. The average molecular weight is 360 g/mol. The summed E-state index contributed by atoms with van der Waals surface area (Å²) in [5.74, 6) is 0.142. The molecule has 0 fully saturated rings. The molecule has 0 spiro atoms. The molecule has 24 heavy (non-hydrogen) atoms. The van der Waals surface area contributed by atoms with Gasteiger partial charge in [-0.05, 0) is 42.7 Å². The van der Waals surface area contributed by atoms with E-state index in [1.807, 2.05) is 49.2 Å². The summed E-state index contributed by atoms with van der Waals surface area (Å²) in [6, 6.07) is 11.7. The predicted molar refractivity (Wildman–Crippen MR) is 100 cm³/mol. The highest BCUT2D eigenvalue weighted by atomic mass is 35.5. The van der Waals surface area contributed by atoms with E-state index in [1.165, 1.54) is 0 Å². The molecule has 124 valence electrons. The van der Waals surface area contributed by atoms with Gasteiger partial charge in [-0.3, -0.25) is 4.79 Å². The first-order chi connectivity index (χ1) is 11.4. The number of hydrogen-bond acceptors (Lipinski definition) is 1. The summed E-state index contributed by atoms with van der Waals surface area (Å²) in [6.45, 7) is 5.89. The number of allylic oxidation sites excluding steroid dienone is 1. The van der Waals surface area contributed by atoms with Crippen molar-refractivity contribution in [3.8, 4) is 0 Å². The van der Waals surface area contributed by atoms with Gasteiger partial charge in [0.05, 0.1) is 16.1 Å². The van der Waals surface area contributed by atoms with Gasteiger partial charge in [-0.25, -0.2) is 0 Å². The molecule has 2 unspecified atom stereocenters. The van der Waals surface area contributed by atoms with Crippen LogP contribution in [0.3, 0.4) is 0 Å². The van der Waals surface area contributed by atoms with Crippen molar-refractivity contribution in [2.24, 2.45) is 0 Å². The molecule has 0 saturated carbocycles. The summed E-state index contributed by atoms with van der Waals surface area (Å²) in [7, 11) is 1.86. The van der Waals surface area contributed by atoms with Crippen LogP contribution in [0, 0.1) is 6.92 Å². The van der Waals surface area contributed by atoms with Gasteiger partial charge in [0, 0.05) is 18.5 Å². The van der Waals surface area contributed by atoms with Gasteiger partial charge in [0.15, 0.2) is 0 Å². The highest BCUT2D eigenvalue weighted by Gasteiger charge is 2.39. The second-order valence-electron chi connectivity index (χ2n) is 6.26. The van der Waals surface area contributed by atoms with E-state index in [-0.39, 0.29) is 17.9 Å². The van der Waals surface area contributed by atoms with Crippen LogP contribution in [0.5, 0.6) is 0 Å². The van der Waals surface area contributed by atoms with E-state index in [9.17, 15) is 4.79 Å². The van der Waals surface area contributed by atoms with Gasteiger partial charge in [0.1, 0.15) is 0 Å². The fourth-order valence-corrected chi connectivity index (χ4v) is 3.80. The summed E-state index contributed by atoms with van der Waals surface area (Å²) < 4.78 is 0. The number of benzene rings is 2. The summed E-state index contributed by atoms with van der Waals surface area (Å²) >= 11 is 12.3. The number of fused-ring (bicyclic) bond motifs is 1. The number of rotatable bonds is 4. The minimum atomic E-state index is -0.0386. The molecule has 1 aliphatic rings. The lowest BCUT2D eigenvalue weighted by Gasteiger charge is -2.30. The monoisotopic (exact) mass is 359 g/mol. The summed E-state index contributed by atoms with van der Waals surface area (Å²) in [6.07, 6.45) is 2.63. The second kappa shape index (κ2) is 6.62. The van der Waals surface area contributed by atoms with E-state index >= 15 is 0 Å². The molecule has 1 aliphatic heterocycles. The van der Waals surface area contributed by atoms with Crippen molar-refractivity contribution < 1.29 is 4.79 Å². The molecule has 0 aliphatic carbocycles. The first-order valence-corrected chi connectivity index (χ1v) is 8.63. The van der Waals surface area contributed by atoms with Crippen molar-refractivity contribution in [1.29, 1.82) is 0 Å². The first kappa shape index (κ1) is 17.1. The lowest BCUT2D eigenvalue weighted by Crippen LogP contribution is -2.27. The van der Waals surface area contributed by atoms with E-state index in [4.69, 9.17) is 23.2 Å². The largest absolute Gasteiger partial charge is 0.334 e. The standard InChI is InChI=1S/C20H19Cl2NO/c1-4-5-14(13-7-9-17(21)18(22)11-13)19-15-8-6-12(2)10-16(15)20(24)23(19)3/h4,6-11,14,19H,1,5H2,2-3H3. The average Bonchev–Trinajstić information content (AvgIpc) is 2.79. The lowest BCUT2D eigenvalue weighted by atomic mass is 9.84. The maximum Gasteiger partial charge on any atom is 0.254 e. The number of amides is 1. The summed E-state index contributed by atoms with van der Waals surface area (Å²) in [4.78, 5) is 14.5. The Morgan fingerprint density at radius 2 is 1.96 bits per heavy atom. The quantitative estimate of drug-likeness (QED) is 0.632. The van der Waals surface area contributed by atoms with E-state index < -0.39 is 0 Å². The molecule has 2 aromatic rings. The van der Waals surface area contributed by atoms with Crippen LogP contribution in [-0.2, 0) is 0 Å². The maximum absolute atomic E-state index is 12.7. The highest BCUT2D eigenvalue weighted by molar-refractivity contribution is 6.42. The molecule has 1 amide bonds. The third kappa shape index (κ3) is 2.85. The van der Waals surface area contributed by atoms with Gasteiger partial charge in [-0.15, -0.1) is 6.58 Å². The van der Waals surface area contributed by atoms with E-state index in [1.54, 1.807) is 0 Å². The molecule has 3 rings (SSSR count). The Balaban J connectivity index is 2.11. The molecule has 0 saturated heterocycles. The predicted octanol–water partition coefficient (Wildman–Crippen LogP) is 5.79. The minimum Gasteiger partial charge on any atom is -0.334 e. The molecule has 2 aromatic carbocycles. The Hall–Kier alpha value is -1.77. The molecular weight excluding hydrogens is 341 g/mol. The second-order valence-corrected chi connectivity index (χ2v) is 7.07. The maximum atomic E-state index is 12.7. The topological polar surface area (TPSA) is 20.3 Å². The molecule has 0 radical (unpaired) electrons. The Bertz CT molecular complexity index is 815. The zero-order chi connectivity index (χ0) is 17.4. The number of halogens is 2. The first-order valence-electron chi connectivity index (χ1n) is 7.87. The molecule has 4 heteroatoms. The van der Waals surface area contributed by atoms with Gasteiger partial charge in [0.2, 0.25) is 0 Å². The Labute approximate surface area is 152 Å². The van der Waals surface area contributed by atoms with Crippen LogP contribution < -0.4 is 0 Å². The Morgan fingerprint density at radius 1 is 1.21 bits per heavy atom. The van der Waals surface area contributed by atoms with E-state index in [2.05, 4.69) is 18.7 Å². The molecule has 2 nitrogen and oxygen atoms in total. The van der Waals surface area contributed by atoms with Crippen LogP contribution in [0.15, 0.2) is 49.1 Å². The normalized spacial score (nSPS) is 17.8. The lowest BCUT2D eigenvalue weighted by molar-refractivity contribution is 0.0755. The van der Waals surface area contributed by atoms with E-state index in [0.29, 0.717) is 10.0 Å². The number of carbonyl (C=O) groups excluding carboxylic acids is 1. The molecule has 0 N–H and O–H groups in total. The molecule has 0 bridgehead atoms. The van der Waals surface area contributed by atoms with Gasteiger partial charge in [0.25, 0.3) is 5.91 Å². The minimum absolute atomic E-state index is 0.0386. The van der Waals surface area contributed by atoms with Gasteiger partial charge in [-0.2, -0.15) is 0 Å². The smallest absolute Gasteiger partial charge is 0.254 e. The van der Waals surface area contributed by atoms with E-state index in [0.717, 1.165) is 28.7 Å². The SMILES string of the molecule is C=CCC(c1ccc(Cl)c(Cl)c1)C1c2ccc(C)cc2C(=O)N1C. The van der Waals surface area contributed by atoms with Crippen molar-refractivity contribution in [2.75, 3.05) is 7.05 Å². The summed E-state index contributed by atoms with van der Waals surface area (Å²) in [5, 5.41) is 1.06. The molecular formula is C20H19Cl2NO. The van der Waals surface area contributed by atoms with Crippen LogP contribution in [0.2, 0.25) is 10.0 Å². The summed E-state index contributed by atoms with van der Waals surface area (Å²) in [5.41, 5.74) is 4.00. The van der Waals surface area contributed by atoms with Crippen LogP contribution in [0.25, 0.3) is 0 Å². The van der Waals surface area contributed by atoms with Crippen molar-refractivity contribution in [3.63, 3.8) is 0 Å². The number of likely N-dealkylation sites (N-methyl/N-ethyl adjacent to an activating group) is 1. The molecule has 1 heterocycles. The van der Waals surface area contributed by atoms with Crippen LogP contribution in [0.1, 0.15) is 45.4 Å². The van der Waals surface area contributed by atoms with Crippen molar-refractivity contribution >= 4 is 29.1 Å². The fraction of sp³-hybridized carbons (Fsp3) is 0.250. The van der Waals surface area contributed by atoms with Crippen molar-refractivity contribution in [1.82, 2.24) is 4.90 Å². The van der Waals surface area contributed by atoms with Crippen LogP contribution in [0.4, 0.5) is 0 Å². The highest BCUT2D eigenvalue weighted by Crippen LogP contribution is 2.45. The zero-order valence-electron chi connectivity index (χ0n) is 13.7. The number of carbonyl (C=O) groups is 1. The van der Waals surface area contributed by atoms with Gasteiger partial charge < -0.3 is 4.90 Å². The number of nitrogens with zero attached hydrogens (tertiary/aromatic N) is 1. The van der Waals surface area contributed by atoms with Crippen molar-refractivity contribution in [3.05, 3.63) is 81.4 Å². The number of hydrogen-bond donors (Lipinski definition) is 0. The third-order valence-electron chi connectivity index (χ3n) is 4.67. The molecule has 0 aromatic heterocycles. The Kier molecular flexibility index (Phi) is 4.71. The molecule has 2 atom stereocenters. The van der Waals surface area contributed by atoms with Crippen LogP contribution >= 0.6 is 23.2 Å². The zero-order valence-corrected chi connectivity index (χ0v) is 15.2. The Morgan fingerprint density at radius 3 is 2.62 bits per heavy atom. The van der Waals surface area contributed by atoms with Gasteiger partial charge >= 0.3 is 0 Å².